The predicted molar refractivity (Wildman–Crippen MR) is 98.1 cm³/mol. The number of nitrogens with zero attached hydrogens (tertiary/aromatic N) is 3. The maximum atomic E-state index is 12.6. The minimum Gasteiger partial charge on any atom is -0.337 e. The molecule has 1 fully saturated rings. The van der Waals surface area contributed by atoms with Crippen molar-refractivity contribution in [3.63, 3.8) is 0 Å². The van der Waals surface area contributed by atoms with Crippen LogP contribution in [0.2, 0.25) is 0 Å². The van der Waals surface area contributed by atoms with E-state index >= 15 is 0 Å². The van der Waals surface area contributed by atoms with Gasteiger partial charge in [0.25, 0.3) is 0 Å². The van der Waals surface area contributed by atoms with Crippen LogP contribution in [0.5, 0.6) is 0 Å². The number of carbonyl (C=O) groups is 1. The lowest BCUT2D eigenvalue weighted by Crippen LogP contribution is -2.50. The van der Waals surface area contributed by atoms with Crippen molar-refractivity contribution in [1.82, 2.24) is 10.3 Å². The van der Waals surface area contributed by atoms with Gasteiger partial charge in [-0.2, -0.15) is 10.5 Å². The Morgan fingerprint density at radius 1 is 1.20 bits per heavy atom. The fraction of sp³-hybridized carbons (Fsp3) is 0.579. The minimum absolute atomic E-state index is 0.171. The molecule has 1 aliphatic rings. The van der Waals surface area contributed by atoms with E-state index in [9.17, 15) is 15.3 Å². The molecule has 0 bridgehead atoms. The highest BCUT2D eigenvalue weighted by Crippen LogP contribution is 2.31. The molecule has 1 N–H and O–H groups in total. The molecule has 5 nitrogen and oxygen atoms in total. The molecule has 0 radical (unpaired) electrons. The van der Waals surface area contributed by atoms with Gasteiger partial charge in [-0.25, -0.2) is 4.98 Å². The third kappa shape index (κ3) is 4.14. The van der Waals surface area contributed by atoms with E-state index in [0.717, 1.165) is 36.1 Å². The summed E-state index contributed by atoms with van der Waals surface area (Å²) in [4.78, 5) is 17.1. The van der Waals surface area contributed by atoms with E-state index in [0.29, 0.717) is 23.4 Å². The van der Waals surface area contributed by atoms with Crippen LogP contribution in [0.15, 0.2) is 5.03 Å². The standard InChI is InChI=1S/C19H24N4OS/c1-12-13(2)16(10-20)18(22-14(12)3)25-15(4)17(24)23-19(11-21)8-6-5-7-9-19/h15H,5-9H2,1-4H3,(H,23,24)/t15-/m1/s1. The molecule has 0 aromatic carbocycles. The third-order valence-electron chi connectivity index (χ3n) is 5.02. The minimum atomic E-state index is -0.741. The number of rotatable bonds is 4. The normalized spacial score (nSPS) is 17.2. The Balaban J connectivity index is 2.17. The van der Waals surface area contributed by atoms with Crippen LogP contribution in [0.4, 0.5) is 0 Å². The summed E-state index contributed by atoms with van der Waals surface area (Å²) in [7, 11) is 0. The molecule has 1 aromatic heterocycles. The summed E-state index contributed by atoms with van der Waals surface area (Å²) in [6, 6.07) is 4.51. The average Bonchev–Trinajstić information content (AvgIpc) is 2.60. The van der Waals surface area contributed by atoms with E-state index < -0.39 is 10.8 Å². The first-order valence-electron chi connectivity index (χ1n) is 8.61. The van der Waals surface area contributed by atoms with Gasteiger partial charge in [0.2, 0.25) is 5.91 Å². The number of carbonyl (C=O) groups excluding carboxylic acids is 1. The number of aromatic nitrogens is 1. The lowest BCUT2D eigenvalue weighted by Gasteiger charge is -2.32. The van der Waals surface area contributed by atoms with Crippen molar-refractivity contribution in [2.45, 2.75) is 75.6 Å². The fourth-order valence-corrected chi connectivity index (χ4v) is 4.11. The predicted octanol–water partition coefficient (Wildman–Crippen LogP) is 3.70. The number of pyridine rings is 1. The van der Waals surface area contributed by atoms with Crippen molar-refractivity contribution in [3.05, 3.63) is 22.4 Å². The van der Waals surface area contributed by atoms with Crippen LogP contribution < -0.4 is 5.32 Å². The van der Waals surface area contributed by atoms with Crippen LogP contribution in [0, 0.1) is 43.4 Å². The van der Waals surface area contributed by atoms with E-state index in [1.807, 2.05) is 20.8 Å². The monoisotopic (exact) mass is 356 g/mol. The molecule has 1 amide bonds. The highest BCUT2D eigenvalue weighted by molar-refractivity contribution is 8.00. The number of hydrogen-bond acceptors (Lipinski definition) is 5. The molecule has 1 heterocycles. The Bertz CT molecular complexity index is 754. The van der Waals surface area contributed by atoms with Crippen molar-refractivity contribution >= 4 is 17.7 Å². The van der Waals surface area contributed by atoms with E-state index in [2.05, 4.69) is 22.4 Å². The number of amides is 1. The summed E-state index contributed by atoms with van der Waals surface area (Å²) in [5.74, 6) is -0.171. The van der Waals surface area contributed by atoms with Gasteiger partial charge in [0.15, 0.2) is 0 Å². The zero-order valence-corrected chi connectivity index (χ0v) is 16.1. The van der Waals surface area contributed by atoms with Crippen molar-refractivity contribution < 1.29 is 4.79 Å². The molecule has 25 heavy (non-hydrogen) atoms. The van der Waals surface area contributed by atoms with Gasteiger partial charge in [-0.3, -0.25) is 4.79 Å². The molecule has 0 aliphatic heterocycles. The maximum absolute atomic E-state index is 12.6. The molecule has 0 unspecified atom stereocenters. The molecule has 0 saturated heterocycles. The number of thioether (sulfide) groups is 1. The molecule has 0 spiro atoms. The summed E-state index contributed by atoms with van der Waals surface area (Å²) < 4.78 is 0. The van der Waals surface area contributed by atoms with Crippen LogP contribution in [0.25, 0.3) is 0 Å². The van der Waals surface area contributed by atoms with Crippen molar-refractivity contribution in [2.75, 3.05) is 0 Å². The first-order chi connectivity index (χ1) is 11.8. The van der Waals surface area contributed by atoms with E-state index in [4.69, 9.17) is 0 Å². The third-order valence-corrected chi connectivity index (χ3v) is 6.10. The van der Waals surface area contributed by atoms with Crippen molar-refractivity contribution in [1.29, 1.82) is 10.5 Å². The number of nitriles is 2. The summed E-state index contributed by atoms with van der Waals surface area (Å²) in [5.41, 5.74) is 2.57. The highest BCUT2D eigenvalue weighted by Gasteiger charge is 2.35. The molecular weight excluding hydrogens is 332 g/mol. The summed E-state index contributed by atoms with van der Waals surface area (Å²) in [5, 5.41) is 22.1. The zero-order chi connectivity index (χ0) is 18.6. The number of nitrogens with one attached hydrogen (secondary N) is 1. The van der Waals surface area contributed by atoms with Gasteiger partial charge in [-0.05, 0) is 51.7 Å². The molecule has 1 aliphatic carbocycles. The molecule has 1 atom stereocenters. The SMILES string of the molecule is Cc1nc(S[C@H](C)C(=O)NC2(C#N)CCCCC2)c(C#N)c(C)c1C. The largest absolute Gasteiger partial charge is 0.337 e. The van der Waals surface area contributed by atoms with E-state index in [-0.39, 0.29) is 5.91 Å². The molecular formula is C19H24N4OS. The summed E-state index contributed by atoms with van der Waals surface area (Å²) >= 11 is 1.28. The Hall–Kier alpha value is -2.05. The van der Waals surface area contributed by atoms with Crippen molar-refractivity contribution in [3.8, 4) is 12.1 Å². The van der Waals surface area contributed by atoms with Gasteiger partial charge >= 0.3 is 0 Å². The van der Waals surface area contributed by atoms with Gasteiger partial charge in [-0.15, -0.1) is 0 Å². The van der Waals surface area contributed by atoms with E-state index in [1.165, 1.54) is 11.8 Å². The topological polar surface area (TPSA) is 89.6 Å². The van der Waals surface area contributed by atoms with Gasteiger partial charge in [-0.1, -0.05) is 31.0 Å². The Morgan fingerprint density at radius 3 is 2.40 bits per heavy atom. The van der Waals surface area contributed by atoms with Crippen LogP contribution >= 0.6 is 11.8 Å². The van der Waals surface area contributed by atoms with Gasteiger partial charge in [0.1, 0.15) is 16.6 Å². The smallest absolute Gasteiger partial charge is 0.234 e. The zero-order valence-electron chi connectivity index (χ0n) is 15.3. The Labute approximate surface area is 153 Å². The average molecular weight is 356 g/mol. The van der Waals surface area contributed by atoms with Crippen molar-refractivity contribution in [2.24, 2.45) is 0 Å². The lowest BCUT2D eigenvalue weighted by molar-refractivity contribution is -0.121. The Morgan fingerprint density at radius 2 is 1.84 bits per heavy atom. The first kappa shape index (κ1) is 19.3. The summed E-state index contributed by atoms with van der Waals surface area (Å²) in [6.45, 7) is 7.55. The second-order valence-corrected chi connectivity index (χ2v) is 8.07. The summed E-state index contributed by atoms with van der Waals surface area (Å²) in [6.07, 6.45) is 4.45. The Kier molecular flexibility index (Phi) is 6.08. The number of hydrogen-bond donors (Lipinski definition) is 1. The van der Waals surface area contributed by atoms with Crippen LogP contribution in [0.3, 0.4) is 0 Å². The molecule has 132 valence electrons. The maximum Gasteiger partial charge on any atom is 0.234 e. The molecule has 1 saturated carbocycles. The quantitative estimate of drug-likeness (QED) is 0.831. The second kappa shape index (κ2) is 7.89. The fourth-order valence-electron chi connectivity index (χ4n) is 3.11. The molecule has 1 aromatic rings. The lowest BCUT2D eigenvalue weighted by atomic mass is 9.83. The van der Waals surface area contributed by atoms with Gasteiger partial charge in [0, 0.05) is 5.69 Å². The van der Waals surface area contributed by atoms with Gasteiger partial charge < -0.3 is 5.32 Å². The molecule has 2 rings (SSSR count). The van der Waals surface area contributed by atoms with Crippen LogP contribution in [-0.2, 0) is 4.79 Å². The highest BCUT2D eigenvalue weighted by atomic mass is 32.2. The van der Waals surface area contributed by atoms with Crippen LogP contribution in [0.1, 0.15) is 61.4 Å². The second-order valence-electron chi connectivity index (χ2n) is 6.74. The van der Waals surface area contributed by atoms with Gasteiger partial charge in [0.05, 0.1) is 16.9 Å². The first-order valence-corrected chi connectivity index (χ1v) is 9.49. The molecule has 6 heteroatoms. The van der Waals surface area contributed by atoms with Crippen LogP contribution in [-0.4, -0.2) is 21.7 Å². The van der Waals surface area contributed by atoms with E-state index in [1.54, 1.807) is 6.92 Å². The number of aryl methyl sites for hydroxylation is 1.